The molecule has 0 aliphatic heterocycles. The quantitative estimate of drug-likeness (QED) is 0.662. The van der Waals surface area contributed by atoms with Crippen molar-refractivity contribution in [1.82, 2.24) is 10.2 Å². The average Bonchev–Trinajstić information content (AvgIpc) is 2.66. The lowest BCUT2D eigenvalue weighted by Gasteiger charge is -2.49. The first-order chi connectivity index (χ1) is 9.58. The van der Waals surface area contributed by atoms with Gasteiger partial charge in [0.15, 0.2) is 0 Å². The summed E-state index contributed by atoms with van der Waals surface area (Å²) in [7, 11) is 4.62. The highest BCUT2D eigenvalue weighted by molar-refractivity contribution is 5.01. The van der Waals surface area contributed by atoms with Crippen molar-refractivity contribution >= 4 is 0 Å². The molecule has 1 fully saturated rings. The van der Waals surface area contributed by atoms with Gasteiger partial charge < -0.3 is 10.2 Å². The lowest BCUT2D eigenvalue weighted by atomic mass is 9.74. The Bertz CT molecular complexity index is 242. The summed E-state index contributed by atoms with van der Waals surface area (Å²) in [5.74, 6) is 0.770. The molecule has 0 spiro atoms. The van der Waals surface area contributed by atoms with Gasteiger partial charge in [-0.2, -0.15) is 0 Å². The highest BCUT2D eigenvalue weighted by atomic mass is 15.2. The summed E-state index contributed by atoms with van der Waals surface area (Å²) in [5, 5.41) is 3.93. The van der Waals surface area contributed by atoms with Gasteiger partial charge in [-0.05, 0) is 52.2 Å². The molecule has 0 heterocycles. The maximum absolute atomic E-state index is 3.93. The SMILES string of the molecule is CCCNC(C(C)CCC)C1(N(C)C)CCCCCC1. The van der Waals surface area contributed by atoms with E-state index in [1.165, 1.54) is 57.8 Å². The predicted octanol–water partition coefficient (Wildman–Crippen LogP) is 4.45. The van der Waals surface area contributed by atoms with Crippen molar-refractivity contribution in [3.8, 4) is 0 Å². The summed E-state index contributed by atoms with van der Waals surface area (Å²) in [5.41, 5.74) is 0.375. The predicted molar refractivity (Wildman–Crippen MR) is 90.3 cm³/mol. The smallest absolute Gasteiger partial charge is 0.0359 e. The van der Waals surface area contributed by atoms with Gasteiger partial charge in [0.25, 0.3) is 0 Å². The van der Waals surface area contributed by atoms with Crippen molar-refractivity contribution in [2.75, 3.05) is 20.6 Å². The highest BCUT2D eigenvalue weighted by Crippen LogP contribution is 2.37. The summed E-state index contributed by atoms with van der Waals surface area (Å²) in [6.45, 7) is 8.23. The molecular weight excluding hydrogens is 244 g/mol. The number of hydrogen-bond acceptors (Lipinski definition) is 2. The zero-order valence-electron chi connectivity index (χ0n) is 14.7. The number of nitrogens with one attached hydrogen (secondary N) is 1. The van der Waals surface area contributed by atoms with E-state index >= 15 is 0 Å². The lowest BCUT2D eigenvalue weighted by molar-refractivity contribution is 0.0538. The third kappa shape index (κ3) is 4.46. The molecule has 1 rings (SSSR count). The van der Waals surface area contributed by atoms with E-state index in [2.05, 4.69) is 45.1 Å². The van der Waals surface area contributed by atoms with Crippen LogP contribution in [-0.4, -0.2) is 37.1 Å². The minimum atomic E-state index is 0.375. The summed E-state index contributed by atoms with van der Waals surface area (Å²) in [6.07, 6.45) is 12.3. The maximum Gasteiger partial charge on any atom is 0.0359 e. The zero-order valence-corrected chi connectivity index (χ0v) is 14.7. The van der Waals surface area contributed by atoms with Crippen LogP contribution in [0.5, 0.6) is 0 Å². The molecule has 0 aromatic heterocycles. The molecule has 1 N–H and O–H groups in total. The van der Waals surface area contributed by atoms with E-state index in [0.29, 0.717) is 11.6 Å². The second kappa shape index (κ2) is 9.04. The molecule has 2 atom stereocenters. The average molecular weight is 283 g/mol. The monoisotopic (exact) mass is 282 g/mol. The van der Waals surface area contributed by atoms with Crippen molar-refractivity contribution in [3.63, 3.8) is 0 Å². The molecule has 0 radical (unpaired) electrons. The minimum Gasteiger partial charge on any atom is -0.312 e. The van der Waals surface area contributed by atoms with Gasteiger partial charge in [0.05, 0.1) is 0 Å². The van der Waals surface area contributed by atoms with Crippen LogP contribution in [0.2, 0.25) is 0 Å². The van der Waals surface area contributed by atoms with Crippen molar-refractivity contribution in [3.05, 3.63) is 0 Å². The van der Waals surface area contributed by atoms with Crippen molar-refractivity contribution in [2.45, 2.75) is 90.1 Å². The van der Waals surface area contributed by atoms with E-state index in [1.54, 1.807) is 0 Å². The normalized spacial score (nSPS) is 22.5. The summed E-state index contributed by atoms with van der Waals surface area (Å²) in [6, 6.07) is 0.649. The fraction of sp³-hybridized carbons (Fsp3) is 1.00. The Morgan fingerprint density at radius 1 is 1.00 bits per heavy atom. The molecule has 120 valence electrons. The third-order valence-electron chi connectivity index (χ3n) is 5.37. The first-order valence-corrected chi connectivity index (χ1v) is 8.99. The van der Waals surface area contributed by atoms with Crippen LogP contribution in [-0.2, 0) is 0 Å². The van der Waals surface area contributed by atoms with E-state index in [4.69, 9.17) is 0 Å². The van der Waals surface area contributed by atoms with Gasteiger partial charge in [-0.25, -0.2) is 0 Å². The van der Waals surface area contributed by atoms with Crippen molar-refractivity contribution in [2.24, 2.45) is 5.92 Å². The Balaban J connectivity index is 2.95. The fourth-order valence-corrected chi connectivity index (χ4v) is 4.22. The molecule has 20 heavy (non-hydrogen) atoms. The summed E-state index contributed by atoms with van der Waals surface area (Å²) >= 11 is 0. The van der Waals surface area contributed by atoms with E-state index in [1.807, 2.05) is 0 Å². The van der Waals surface area contributed by atoms with Crippen molar-refractivity contribution in [1.29, 1.82) is 0 Å². The van der Waals surface area contributed by atoms with Gasteiger partial charge in [-0.1, -0.05) is 52.9 Å². The molecule has 2 nitrogen and oxygen atoms in total. The maximum atomic E-state index is 3.93. The topological polar surface area (TPSA) is 15.3 Å². The molecule has 1 aliphatic carbocycles. The van der Waals surface area contributed by atoms with Gasteiger partial charge in [-0.3, -0.25) is 0 Å². The molecule has 1 saturated carbocycles. The molecule has 0 bridgehead atoms. The number of nitrogens with zero attached hydrogens (tertiary/aromatic N) is 1. The van der Waals surface area contributed by atoms with Crippen LogP contribution in [0.25, 0.3) is 0 Å². The molecule has 2 heteroatoms. The first kappa shape index (κ1) is 18.0. The van der Waals surface area contributed by atoms with Gasteiger partial charge in [0.1, 0.15) is 0 Å². The summed E-state index contributed by atoms with van der Waals surface area (Å²) in [4.78, 5) is 2.55. The van der Waals surface area contributed by atoms with Crippen LogP contribution in [0.15, 0.2) is 0 Å². The number of hydrogen-bond donors (Lipinski definition) is 1. The molecule has 2 unspecified atom stereocenters. The van der Waals surface area contributed by atoms with Crippen LogP contribution < -0.4 is 5.32 Å². The molecule has 1 aliphatic rings. The van der Waals surface area contributed by atoms with Crippen LogP contribution in [0, 0.1) is 5.92 Å². The molecular formula is C18H38N2. The Labute approximate surface area is 127 Å². The van der Waals surface area contributed by atoms with Crippen LogP contribution >= 0.6 is 0 Å². The molecule has 0 amide bonds. The van der Waals surface area contributed by atoms with Crippen LogP contribution in [0.3, 0.4) is 0 Å². The Morgan fingerprint density at radius 3 is 2.05 bits per heavy atom. The van der Waals surface area contributed by atoms with Crippen LogP contribution in [0.4, 0.5) is 0 Å². The first-order valence-electron chi connectivity index (χ1n) is 8.99. The van der Waals surface area contributed by atoms with E-state index in [9.17, 15) is 0 Å². The molecule has 0 aromatic rings. The van der Waals surface area contributed by atoms with Gasteiger partial charge >= 0.3 is 0 Å². The van der Waals surface area contributed by atoms with E-state index in [-0.39, 0.29) is 0 Å². The summed E-state index contributed by atoms with van der Waals surface area (Å²) < 4.78 is 0. The molecule has 0 saturated heterocycles. The second-order valence-electron chi connectivity index (χ2n) is 7.11. The Kier molecular flexibility index (Phi) is 8.13. The van der Waals surface area contributed by atoms with Crippen LogP contribution in [0.1, 0.15) is 78.6 Å². The molecule has 0 aromatic carbocycles. The van der Waals surface area contributed by atoms with Gasteiger partial charge in [0.2, 0.25) is 0 Å². The number of likely N-dealkylation sites (N-methyl/N-ethyl adjacent to an activating group) is 1. The van der Waals surface area contributed by atoms with E-state index in [0.717, 1.165) is 12.5 Å². The van der Waals surface area contributed by atoms with E-state index < -0.39 is 0 Å². The fourth-order valence-electron chi connectivity index (χ4n) is 4.22. The lowest BCUT2D eigenvalue weighted by Crippen LogP contribution is -2.61. The van der Waals surface area contributed by atoms with Gasteiger partial charge in [0, 0.05) is 11.6 Å². The Morgan fingerprint density at radius 2 is 1.60 bits per heavy atom. The Hall–Kier alpha value is -0.0800. The van der Waals surface area contributed by atoms with Gasteiger partial charge in [-0.15, -0.1) is 0 Å². The highest BCUT2D eigenvalue weighted by Gasteiger charge is 2.42. The standard InChI is InChI=1S/C18H38N2/c1-6-12-16(3)17(19-15-7-2)18(20(4)5)13-10-8-9-11-14-18/h16-17,19H,6-15H2,1-5H3. The minimum absolute atomic E-state index is 0.375. The number of rotatable bonds is 8. The largest absolute Gasteiger partial charge is 0.312 e. The van der Waals surface area contributed by atoms with Crippen molar-refractivity contribution < 1.29 is 0 Å². The second-order valence-corrected chi connectivity index (χ2v) is 7.11. The zero-order chi connectivity index (χ0) is 15.0. The third-order valence-corrected chi connectivity index (χ3v) is 5.37.